The van der Waals surface area contributed by atoms with Gasteiger partial charge in [0.2, 0.25) is 0 Å². The van der Waals surface area contributed by atoms with Crippen molar-refractivity contribution in [3.8, 4) is 50.5 Å². The zero-order chi connectivity index (χ0) is 40.8. The fourth-order valence-corrected chi connectivity index (χ4v) is 11.5. The second kappa shape index (κ2) is 15.7. The van der Waals surface area contributed by atoms with E-state index in [0.29, 0.717) is 11.5 Å². The highest BCUT2D eigenvalue weighted by Gasteiger charge is 2.28. The molecule has 8 rings (SSSR count). The molecule has 0 saturated heterocycles. The summed E-state index contributed by atoms with van der Waals surface area (Å²) in [4.78, 5) is 10.4. The first-order valence-corrected chi connectivity index (χ1v) is 22.4. The Kier molecular flexibility index (Phi) is 10.7. The molecule has 0 fully saturated rings. The molecule has 0 spiro atoms. The largest absolute Gasteiger partial charge is 0.507 e. The summed E-state index contributed by atoms with van der Waals surface area (Å²) in [5.74, 6) is 0.506. The summed E-state index contributed by atoms with van der Waals surface area (Å²) in [6.45, 7) is 18.3. The summed E-state index contributed by atoms with van der Waals surface area (Å²) >= 11 is 1.83. The molecule has 58 heavy (non-hydrogen) atoms. The van der Waals surface area contributed by atoms with Gasteiger partial charge in [-0.25, -0.2) is 4.98 Å². The summed E-state index contributed by atoms with van der Waals surface area (Å²) in [7, 11) is -1.07. The molecule has 0 aliphatic heterocycles. The zero-order valence-corrected chi connectivity index (χ0v) is 36.4. The van der Waals surface area contributed by atoms with Gasteiger partial charge in [-0.3, -0.25) is 4.98 Å². The normalized spacial score (nSPS) is 12.6. The fraction of sp³-hybridized carbons (Fsp3) is 0.208. The van der Waals surface area contributed by atoms with Crippen LogP contribution in [-0.4, -0.2) is 15.1 Å². The third-order valence-electron chi connectivity index (χ3n) is 11.0. The fourth-order valence-electron chi connectivity index (χ4n) is 7.66. The van der Waals surface area contributed by atoms with Gasteiger partial charge in [0.1, 0.15) is 5.75 Å². The van der Waals surface area contributed by atoms with Crippen molar-refractivity contribution in [1.29, 1.82) is 0 Å². The first kappa shape index (κ1) is 39.4. The van der Waals surface area contributed by atoms with Crippen molar-refractivity contribution in [3.05, 3.63) is 168 Å². The maximum atomic E-state index is 11.1. The first-order chi connectivity index (χ1) is 27.8. The monoisotopic (exact) mass is 794 g/mol. The lowest BCUT2D eigenvalue weighted by Crippen LogP contribution is -2.26. The lowest BCUT2D eigenvalue weighted by Gasteiger charge is -2.26. The van der Waals surface area contributed by atoms with Crippen molar-refractivity contribution in [2.45, 2.75) is 72.1 Å². The minimum absolute atomic E-state index is 0.0362. The molecule has 0 amide bonds. The van der Waals surface area contributed by atoms with Crippen LogP contribution in [0.25, 0.3) is 54.9 Å². The molecule has 3 aromatic heterocycles. The van der Waals surface area contributed by atoms with Gasteiger partial charge in [0.25, 0.3) is 0 Å². The molecule has 1 unspecified atom stereocenters. The molecular weight excluding hydrogens is 744 g/mol. The molecule has 1 N–H and O–H groups in total. The number of phenolic OH excluding ortho intramolecular Hbond substituents is 1. The number of para-hydroxylation sites is 1. The lowest BCUT2D eigenvalue weighted by molar-refractivity contribution is 0.477. The Morgan fingerprint density at radius 1 is 0.586 bits per heavy atom. The molecule has 1 atom stereocenters. The van der Waals surface area contributed by atoms with E-state index in [0.717, 1.165) is 33.5 Å². The smallest absolute Gasteiger partial charge is 0.124 e. The predicted molar refractivity (Wildman–Crippen MR) is 251 cm³/mol. The van der Waals surface area contributed by atoms with E-state index in [1.807, 2.05) is 41.8 Å². The second-order valence-corrected chi connectivity index (χ2v) is 20.6. The van der Waals surface area contributed by atoms with E-state index >= 15 is 0 Å². The Bertz CT molecular complexity index is 2710. The number of aromatic hydroxyl groups is 1. The molecule has 8 aromatic rings. The van der Waals surface area contributed by atoms with E-state index in [1.165, 1.54) is 48.5 Å². The molecule has 0 bridgehead atoms. The van der Waals surface area contributed by atoms with Crippen LogP contribution in [0.4, 0.5) is 0 Å². The number of benzene rings is 5. The summed E-state index contributed by atoms with van der Waals surface area (Å²) in [5, 5.41) is 17.3. The van der Waals surface area contributed by atoms with E-state index in [-0.39, 0.29) is 16.6 Å². The third kappa shape index (κ3) is 7.89. The highest BCUT2D eigenvalue weighted by Crippen LogP contribution is 2.45. The van der Waals surface area contributed by atoms with E-state index in [1.54, 1.807) is 6.07 Å². The van der Waals surface area contributed by atoms with E-state index < -0.39 is 7.92 Å². The van der Waals surface area contributed by atoms with Crippen LogP contribution < -0.4 is 16.0 Å². The molecule has 5 aromatic carbocycles. The first-order valence-electron chi connectivity index (χ1n) is 20.1. The number of phenols is 1. The number of fused-ring (bicyclic) bond motifs is 1. The topological polar surface area (TPSA) is 46.0 Å². The molecule has 0 aliphatic rings. The molecule has 0 saturated carbocycles. The number of nitrogens with zero attached hydrogens (tertiary/aromatic N) is 2. The Morgan fingerprint density at radius 3 is 1.91 bits per heavy atom. The number of hydrogen-bond acceptors (Lipinski definition) is 4. The molecule has 3 nitrogen and oxygen atoms in total. The van der Waals surface area contributed by atoms with Crippen LogP contribution in [0.3, 0.4) is 0 Å². The third-order valence-corrected chi connectivity index (χ3v) is 14.5. The van der Waals surface area contributed by atoms with Gasteiger partial charge in [-0.15, -0.1) is 11.3 Å². The van der Waals surface area contributed by atoms with Gasteiger partial charge >= 0.3 is 0 Å². The quantitative estimate of drug-likeness (QED) is 0.156. The lowest BCUT2D eigenvalue weighted by atomic mass is 9.79. The molecular formula is C53H51N2OPS. The van der Waals surface area contributed by atoms with Gasteiger partial charge < -0.3 is 5.11 Å². The van der Waals surface area contributed by atoms with Crippen molar-refractivity contribution in [1.82, 2.24) is 9.97 Å². The molecule has 5 heteroatoms. The van der Waals surface area contributed by atoms with E-state index in [9.17, 15) is 5.11 Å². The van der Waals surface area contributed by atoms with Crippen LogP contribution in [0.1, 0.15) is 78.0 Å². The number of pyridine rings is 2. The minimum atomic E-state index is -1.07. The van der Waals surface area contributed by atoms with Crippen LogP contribution in [0.2, 0.25) is 0 Å². The van der Waals surface area contributed by atoms with Gasteiger partial charge in [-0.1, -0.05) is 140 Å². The van der Waals surface area contributed by atoms with Gasteiger partial charge in [0.15, 0.2) is 0 Å². The van der Waals surface area contributed by atoms with Crippen LogP contribution in [0, 0.1) is 0 Å². The van der Waals surface area contributed by atoms with E-state index in [2.05, 4.69) is 170 Å². The summed E-state index contributed by atoms with van der Waals surface area (Å²) in [6.07, 6.45) is 1.93. The predicted octanol–water partition coefficient (Wildman–Crippen LogP) is 13.5. The highest BCUT2D eigenvalue weighted by molar-refractivity contribution is 7.80. The van der Waals surface area contributed by atoms with Crippen molar-refractivity contribution in [2.24, 2.45) is 0 Å². The molecule has 290 valence electrons. The molecule has 0 radical (unpaired) electrons. The summed E-state index contributed by atoms with van der Waals surface area (Å²) in [5.41, 5.74) is 13.0. The molecule has 0 aliphatic carbocycles. The Balaban J connectivity index is 1.36. The summed E-state index contributed by atoms with van der Waals surface area (Å²) in [6, 6.07) is 49.7. The average Bonchev–Trinajstić information content (AvgIpc) is 3.71. The van der Waals surface area contributed by atoms with Crippen molar-refractivity contribution < 1.29 is 5.11 Å². The standard InChI is InChI=1S/C53H51N2OPS/c1-34(2)44-33-45(35-17-10-9-11-18-35)42-24-26-58-51(42)50(44)57(49-23-14-15-25-54-49)41-20-16-19-36(29-41)46-30-38(31-47(55-46)43-21-12-13-22-48(43)56)37-27-39(52(3,4)5)32-40(28-37)53(6,7)8/h9-34,56H,1-8H3. The van der Waals surface area contributed by atoms with Crippen LogP contribution >= 0.6 is 19.3 Å². The van der Waals surface area contributed by atoms with Gasteiger partial charge in [-0.05, 0) is 121 Å². The Hall–Kier alpha value is -5.41. The number of rotatable bonds is 8. The van der Waals surface area contributed by atoms with Crippen molar-refractivity contribution in [2.75, 3.05) is 0 Å². The Morgan fingerprint density at radius 2 is 1.24 bits per heavy atom. The Labute approximate surface area is 349 Å². The number of thiophene rings is 1. The maximum Gasteiger partial charge on any atom is 0.124 e. The number of hydrogen-bond donors (Lipinski definition) is 1. The van der Waals surface area contributed by atoms with Crippen LogP contribution in [0.5, 0.6) is 5.75 Å². The molecule has 3 heterocycles. The highest BCUT2D eigenvalue weighted by atomic mass is 32.1. The average molecular weight is 795 g/mol. The SMILES string of the molecule is CC(C)c1cc(-c2ccccc2)c2ccsc2c1P(c1cccc(-c2cc(-c3cc(C(C)(C)C)cc(C(C)(C)C)c3)cc(-c3ccccc3O)n2)c1)c1ccccn1. The van der Waals surface area contributed by atoms with E-state index in [4.69, 9.17) is 9.97 Å². The van der Waals surface area contributed by atoms with Crippen molar-refractivity contribution >= 4 is 45.4 Å². The van der Waals surface area contributed by atoms with Crippen LogP contribution in [-0.2, 0) is 10.8 Å². The zero-order valence-electron chi connectivity index (χ0n) is 34.7. The second-order valence-electron chi connectivity index (χ2n) is 17.6. The minimum Gasteiger partial charge on any atom is -0.507 e. The summed E-state index contributed by atoms with van der Waals surface area (Å²) < 4.78 is 1.32. The van der Waals surface area contributed by atoms with Gasteiger partial charge in [0, 0.05) is 40.6 Å². The van der Waals surface area contributed by atoms with Crippen LogP contribution in [0.15, 0.2) is 151 Å². The number of aromatic nitrogens is 2. The van der Waals surface area contributed by atoms with Crippen molar-refractivity contribution in [3.63, 3.8) is 0 Å². The van der Waals surface area contributed by atoms with Gasteiger partial charge in [-0.2, -0.15) is 0 Å². The van der Waals surface area contributed by atoms with Gasteiger partial charge in [0.05, 0.1) is 16.8 Å². The maximum absolute atomic E-state index is 11.1.